The number of nitrogens with zero attached hydrogens (tertiary/aromatic N) is 1. The third-order valence-electron chi connectivity index (χ3n) is 6.02. The summed E-state index contributed by atoms with van der Waals surface area (Å²) in [4.78, 5) is 27.6. The second kappa shape index (κ2) is 8.91. The van der Waals surface area contributed by atoms with Crippen LogP contribution in [0.2, 0.25) is 0 Å². The Kier molecular flexibility index (Phi) is 6.10. The Morgan fingerprint density at radius 1 is 0.929 bits per heavy atom. The number of esters is 1. The molecular weight excluding hydrogens is 370 g/mol. The van der Waals surface area contributed by atoms with Gasteiger partial charge in [0.15, 0.2) is 0 Å². The second-order valence-corrected chi connectivity index (χ2v) is 8.82. The molecule has 0 N–H and O–H groups in total. The van der Waals surface area contributed by atoms with Crippen LogP contribution in [0.15, 0.2) is 41.8 Å². The number of hydrogen-bond donors (Lipinski definition) is 0. The van der Waals surface area contributed by atoms with Gasteiger partial charge in [-0.05, 0) is 60.7 Å². The van der Waals surface area contributed by atoms with E-state index in [9.17, 15) is 9.59 Å². The van der Waals surface area contributed by atoms with Gasteiger partial charge in [0.2, 0.25) is 0 Å². The Hall–Kier alpha value is -2.14. The van der Waals surface area contributed by atoms with Gasteiger partial charge in [0.25, 0.3) is 5.91 Å². The third-order valence-corrected chi connectivity index (χ3v) is 6.88. The first kappa shape index (κ1) is 19.2. The topological polar surface area (TPSA) is 46.6 Å². The largest absolute Gasteiger partial charge is 0.426 e. The Bertz CT molecular complexity index is 786. The van der Waals surface area contributed by atoms with Gasteiger partial charge in [-0.15, -0.1) is 11.3 Å². The SMILES string of the molecule is O=C(Oc1ccc(C2CCCCC2)cc1)C1CCN(C(=O)c2cccs2)CC1. The molecule has 1 amide bonds. The normalized spacial score (nSPS) is 18.8. The van der Waals surface area contributed by atoms with Crippen LogP contribution in [0.25, 0.3) is 0 Å². The minimum atomic E-state index is -0.173. The lowest BCUT2D eigenvalue weighted by Crippen LogP contribution is -2.40. The summed E-state index contributed by atoms with van der Waals surface area (Å²) in [5, 5.41) is 1.91. The molecule has 0 atom stereocenters. The number of carbonyl (C=O) groups excluding carboxylic acids is 2. The summed E-state index contributed by atoms with van der Waals surface area (Å²) >= 11 is 1.46. The van der Waals surface area contributed by atoms with Crippen molar-refractivity contribution in [1.82, 2.24) is 4.90 Å². The van der Waals surface area contributed by atoms with E-state index in [1.54, 1.807) is 0 Å². The van der Waals surface area contributed by atoms with E-state index >= 15 is 0 Å². The molecule has 28 heavy (non-hydrogen) atoms. The van der Waals surface area contributed by atoms with E-state index in [4.69, 9.17) is 4.74 Å². The highest BCUT2D eigenvalue weighted by Crippen LogP contribution is 2.33. The predicted molar refractivity (Wildman–Crippen MR) is 111 cm³/mol. The number of ether oxygens (including phenoxy) is 1. The molecule has 1 saturated carbocycles. The number of carbonyl (C=O) groups is 2. The van der Waals surface area contributed by atoms with Crippen LogP contribution in [-0.2, 0) is 4.79 Å². The zero-order valence-corrected chi connectivity index (χ0v) is 17.0. The van der Waals surface area contributed by atoms with Gasteiger partial charge >= 0.3 is 5.97 Å². The minimum Gasteiger partial charge on any atom is -0.426 e. The molecule has 2 aromatic rings. The maximum atomic E-state index is 12.5. The quantitative estimate of drug-likeness (QED) is 0.523. The summed E-state index contributed by atoms with van der Waals surface area (Å²) in [6.45, 7) is 1.22. The van der Waals surface area contributed by atoms with E-state index in [1.807, 2.05) is 34.5 Å². The van der Waals surface area contributed by atoms with Crippen molar-refractivity contribution >= 4 is 23.2 Å². The van der Waals surface area contributed by atoms with Gasteiger partial charge in [-0.3, -0.25) is 9.59 Å². The summed E-state index contributed by atoms with van der Waals surface area (Å²) in [5.41, 5.74) is 1.36. The Balaban J connectivity index is 1.28. The van der Waals surface area contributed by atoms with E-state index in [0.717, 1.165) is 4.88 Å². The van der Waals surface area contributed by atoms with Crippen LogP contribution in [0.3, 0.4) is 0 Å². The molecule has 1 aliphatic heterocycles. The lowest BCUT2D eigenvalue weighted by Gasteiger charge is -2.30. The van der Waals surface area contributed by atoms with Gasteiger partial charge in [-0.25, -0.2) is 0 Å². The fourth-order valence-corrected chi connectivity index (χ4v) is 5.01. The summed E-state index contributed by atoms with van der Waals surface area (Å²) < 4.78 is 5.62. The first-order valence-electron chi connectivity index (χ1n) is 10.3. The van der Waals surface area contributed by atoms with Crippen LogP contribution in [0.4, 0.5) is 0 Å². The molecular formula is C23H27NO3S. The smallest absolute Gasteiger partial charge is 0.314 e. The molecule has 4 nitrogen and oxygen atoms in total. The molecule has 1 saturated heterocycles. The maximum Gasteiger partial charge on any atom is 0.314 e. The zero-order chi connectivity index (χ0) is 19.3. The van der Waals surface area contributed by atoms with Gasteiger partial charge in [0.05, 0.1) is 10.8 Å². The molecule has 0 bridgehead atoms. The first-order valence-corrected chi connectivity index (χ1v) is 11.2. The van der Waals surface area contributed by atoms with E-state index in [2.05, 4.69) is 12.1 Å². The summed E-state index contributed by atoms with van der Waals surface area (Å²) in [5.74, 6) is 1.05. The lowest BCUT2D eigenvalue weighted by molar-refractivity contribution is -0.140. The van der Waals surface area contributed by atoms with Crippen molar-refractivity contribution < 1.29 is 14.3 Å². The van der Waals surface area contributed by atoms with Crippen LogP contribution in [-0.4, -0.2) is 29.9 Å². The van der Waals surface area contributed by atoms with Crippen LogP contribution in [0.5, 0.6) is 5.75 Å². The van der Waals surface area contributed by atoms with Gasteiger partial charge in [0, 0.05) is 13.1 Å². The highest BCUT2D eigenvalue weighted by molar-refractivity contribution is 7.12. The summed E-state index contributed by atoms with van der Waals surface area (Å²) in [6.07, 6.45) is 7.84. The average molecular weight is 398 g/mol. The zero-order valence-electron chi connectivity index (χ0n) is 16.1. The fourth-order valence-electron chi connectivity index (χ4n) is 4.32. The van der Waals surface area contributed by atoms with Crippen LogP contribution < -0.4 is 4.74 Å². The van der Waals surface area contributed by atoms with E-state index < -0.39 is 0 Å². The number of thiophene rings is 1. The number of piperidine rings is 1. The maximum absolute atomic E-state index is 12.5. The monoisotopic (exact) mass is 397 g/mol. The van der Waals surface area contributed by atoms with Crippen molar-refractivity contribution in [3.63, 3.8) is 0 Å². The third kappa shape index (κ3) is 4.46. The number of rotatable bonds is 4. The molecule has 2 fully saturated rings. The van der Waals surface area contributed by atoms with Gasteiger partial charge in [0.1, 0.15) is 5.75 Å². The Morgan fingerprint density at radius 2 is 1.64 bits per heavy atom. The average Bonchev–Trinajstić information content (AvgIpc) is 3.29. The number of benzene rings is 1. The predicted octanol–water partition coefficient (Wildman–Crippen LogP) is 5.25. The van der Waals surface area contributed by atoms with Crippen LogP contribution in [0, 0.1) is 5.92 Å². The highest BCUT2D eigenvalue weighted by atomic mass is 32.1. The molecule has 5 heteroatoms. The molecule has 4 rings (SSSR count). The lowest BCUT2D eigenvalue weighted by atomic mass is 9.84. The fraction of sp³-hybridized carbons (Fsp3) is 0.478. The van der Waals surface area contributed by atoms with Crippen molar-refractivity contribution in [2.24, 2.45) is 5.92 Å². The molecule has 1 aliphatic carbocycles. The number of amides is 1. The van der Waals surface area contributed by atoms with Gasteiger partial charge in [-0.1, -0.05) is 37.5 Å². The van der Waals surface area contributed by atoms with Crippen molar-refractivity contribution in [3.05, 3.63) is 52.2 Å². The molecule has 1 aromatic heterocycles. The van der Waals surface area contributed by atoms with Gasteiger partial charge < -0.3 is 9.64 Å². The van der Waals surface area contributed by atoms with Crippen LogP contribution >= 0.6 is 11.3 Å². The number of hydrogen-bond acceptors (Lipinski definition) is 4. The second-order valence-electron chi connectivity index (χ2n) is 7.87. The Labute approximate surface area is 170 Å². The number of likely N-dealkylation sites (tertiary alicyclic amines) is 1. The molecule has 0 spiro atoms. The summed E-state index contributed by atoms with van der Waals surface area (Å²) in [6, 6.07) is 11.8. The van der Waals surface area contributed by atoms with E-state index in [0.29, 0.717) is 37.6 Å². The van der Waals surface area contributed by atoms with Crippen LogP contribution in [0.1, 0.15) is 66.1 Å². The Morgan fingerprint density at radius 3 is 2.29 bits per heavy atom. The molecule has 0 unspecified atom stereocenters. The standard InChI is InChI=1S/C23H27NO3S/c25-22(21-7-4-16-28-21)24-14-12-19(13-15-24)23(26)27-20-10-8-18(9-11-20)17-5-2-1-3-6-17/h4,7-11,16-17,19H,1-3,5-6,12-15H2. The molecule has 2 aliphatic rings. The van der Waals surface area contributed by atoms with E-state index in [1.165, 1.54) is 49.0 Å². The molecule has 148 valence electrons. The van der Waals surface area contributed by atoms with Gasteiger partial charge in [-0.2, -0.15) is 0 Å². The van der Waals surface area contributed by atoms with Crippen molar-refractivity contribution in [2.45, 2.75) is 50.9 Å². The van der Waals surface area contributed by atoms with E-state index in [-0.39, 0.29) is 17.8 Å². The molecule has 0 radical (unpaired) electrons. The minimum absolute atomic E-state index is 0.0696. The first-order chi connectivity index (χ1) is 13.7. The van der Waals surface area contributed by atoms with Crippen molar-refractivity contribution in [3.8, 4) is 5.75 Å². The molecule has 1 aromatic carbocycles. The van der Waals surface area contributed by atoms with Crippen molar-refractivity contribution in [1.29, 1.82) is 0 Å². The van der Waals surface area contributed by atoms with Crippen molar-refractivity contribution in [2.75, 3.05) is 13.1 Å². The molecule has 2 heterocycles. The highest BCUT2D eigenvalue weighted by Gasteiger charge is 2.29. The summed E-state index contributed by atoms with van der Waals surface area (Å²) in [7, 11) is 0.